The zero-order valence-electron chi connectivity index (χ0n) is 8.04. The van der Waals surface area contributed by atoms with Gasteiger partial charge in [0.15, 0.2) is 11.5 Å². The fraction of sp³-hybridized carbons (Fsp3) is 0.273. The van der Waals surface area contributed by atoms with Crippen molar-refractivity contribution in [2.45, 2.75) is 13.3 Å². The average Bonchev–Trinajstić information content (AvgIpc) is 2.18. The van der Waals surface area contributed by atoms with Gasteiger partial charge in [0.25, 0.3) is 0 Å². The number of para-hydroxylation sites is 1. The minimum atomic E-state index is 0.749. The first-order chi connectivity index (χ1) is 6.33. The molecule has 0 bridgehead atoms. The molecule has 13 heavy (non-hydrogen) atoms. The second-order valence-electron chi connectivity index (χ2n) is 2.59. The van der Waals surface area contributed by atoms with Crippen molar-refractivity contribution in [1.82, 2.24) is 0 Å². The molecular formula is C11H14O2. The number of rotatable bonds is 4. The molecule has 2 nitrogen and oxygen atoms in total. The van der Waals surface area contributed by atoms with Gasteiger partial charge in [-0.15, -0.1) is 0 Å². The van der Waals surface area contributed by atoms with Gasteiger partial charge >= 0.3 is 0 Å². The molecule has 0 fully saturated rings. The van der Waals surface area contributed by atoms with Crippen LogP contribution in [0.25, 0.3) is 0 Å². The summed E-state index contributed by atoms with van der Waals surface area (Å²) in [4.78, 5) is 0. The molecule has 0 aliphatic rings. The quantitative estimate of drug-likeness (QED) is 0.660. The Labute approximate surface area is 78.8 Å². The van der Waals surface area contributed by atoms with Crippen LogP contribution in [0.2, 0.25) is 0 Å². The van der Waals surface area contributed by atoms with Crippen LogP contribution in [0.3, 0.4) is 0 Å². The van der Waals surface area contributed by atoms with E-state index in [0.717, 1.165) is 23.5 Å². The molecule has 0 aliphatic heterocycles. The summed E-state index contributed by atoms with van der Waals surface area (Å²) in [5.74, 6) is 1.52. The molecule has 0 heterocycles. The van der Waals surface area contributed by atoms with E-state index in [4.69, 9.17) is 9.47 Å². The maximum atomic E-state index is 5.29. The molecule has 0 amide bonds. The molecule has 1 aromatic rings. The van der Waals surface area contributed by atoms with Gasteiger partial charge in [-0.3, -0.25) is 0 Å². The van der Waals surface area contributed by atoms with Crippen molar-refractivity contribution >= 4 is 0 Å². The lowest BCUT2D eigenvalue weighted by Crippen LogP contribution is -1.93. The predicted octanol–water partition coefficient (Wildman–Crippen LogP) is 2.78. The second kappa shape index (κ2) is 4.55. The van der Waals surface area contributed by atoms with Crippen LogP contribution >= 0.6 is 0 Å². The van der Waals surface area contributed by atoms with Crippen LogP contribution in [0.15, 0.2) is 31.0 Å². The van der Waals surface area contributed by atoms with Crippen LogP contribution in [-0.2, 0) is 6.42 Å². The topological polar surface area (TPSA) is 18.5 Å². The third-order valence-electron chi connectivity index (χ3n) is 1.86. The van der Waals surface area contributed by atoms with Crippen molar-refractivity contribution < 1.29 is 9.47 Å². The number of hydrogen-bond donors (Lipinski definition) is 0. The first kappa shape index (κ1) is 9.65. The summed E-state index contributed by atoms with van der Waals surface area (Å²) < 4.78 is 10.5. The number of benzene rings is 1. The van der Waals surface area contributed by atoms with E-state index in [-0.39, 0.29) is 0 Å². The van der Waals surface area contributed by atoms with Gasteiger partial charge in [0.2, 0.25) is 0 Å². The average molecular weight is 178 g/mol. The van der Waals surface area contributed by atoms with Gasteiger partial charge in [-0.05, 0) is 18.1 Å². The predicted molar refractivity (Wildman–Crippen MR) is 53.2 cm³/mol. The first-order valence-electron chi connectivity index (χ1n) is 4.27. The standard InChI is InChI=1S/C11H14O2/c1-4-9-7-6-8-10(12-3)11(9)13-5-2/h5-8H,2,4H2,1,3H3. The van der Waals surface area contributed by atoms with Crippen molar-refractivity contribution in [3.8, 4) is 11.5 Å². The Balaban J connectivity index is 3.12. The Morgan fingerprint density at radius 1 is 1.46 bits per heavy atom. The number of aryl methyl sites for hydroxylation is 1. The second-order valence-corrected chi connectivity index (χ2v) is 2.59. The van der Waals surface area contributed by atoms with E-state index in [1.807, 2.05) is 18.2 Å². The number of ether oxygens (including phenoxy) is 2. The van der Waals surface area contributed by atoms with Gasteiger partial charge in [-0.25, -0.2) is 0 Å². The van der Waals surface area contributed by atoms with Gasteiger partial charge in [-0.2, -0.15) is 0 Å². The lowest BCUT2D eigenvalue weighted by atomic mass is 10.1. The van der Waals surface area contributed by atoms with Crippen molar-refractivity contribution in [3.05, 3.63) is 36.6 Å². The van der Waals surface area contributed by atoms with Gasteiger partial charge in [-0.1, -0.05) is 25.6 Å². The molecule has 0 radical (unpaired) electrons. The van der Waals surface area contributed by atoms with Crippen LogP contribution in [0.4, 0.5) is 0 Å². The summed E-state index contributed by atoms with van der Waals surface area (Å²) in [5, 5.41) is 0. The first-order valence-corrected chi connectivity index (χ1v) is 4.27. The third-order valence-corrected chi connectivity index (χ3v) is 1.86. The molecule has 70 valence electrons. The van der Waals surface area contributed by atoms with E-state index in [0.29, 0.717) is 0 Å². The highest BCUT2D eigenvalue weighted by Gasteiger charge is 2.07. The van der Waals surface area contributed by atoms with E-state index in [9.17, 15) is 0 Å². The Hall–Kier alpha value is -1.44. The molecule has 2 heteroatoms. The highest BCUT2D eigenvalue weighted by molar-refractivity contribution is 5.46. The lowest BCUT2D eigenvalue weighted by molar-refractivity contribution is 0.376. The fourth-order valence-corrected chi connectivity index (χ4v) is 1.22. The molecule has 0 atom stereocenters. The van der Waals surface area contributed by atoms with Crippen LogP contribution in [0.5, 0.6) is 11.5 Å². The molecule has 1 rings (SSSR count). The number of hydrogen-bond acceptors (Lipinski definition) is 2. The highest BCUT2D eigenvalue weighted by Crippen LogP contribution is 2.31. The molecule has 0 saturated heterocycles. The fourth-order valence-electron chi connectivity index (χ4n) is 1.22. The highest BCUT2D eigenvalue weighted by atomic mass is 16.5. The summed E-state index contributed by atoms with van der Waals surface area (Å²) in [6, 6.07) is 5.84. The van der Waals surface area contributed by atoms with Gasteiger partial charge < -0.3 is 9.47 Å². The Bertz CT molecular complexity index is 270. The molecule has 0 aliphatic carbocycles. The SMILES string of the molecule is C=COc1c(CC)cccc1OC. The maximum absolute atomic E-state index is 5.29. The monoisotopic (exact) mass is 178 g/mol. The third kappa shape index (κ3) is 2.02. The Morgan fingerprint density at radius 3 is 2.77 bits per heavy atom. The van der Waals surface area contributed by atoms with E-state index >= 15 is 0 Å². The minimum absolute atomic E-state index is 0.749. The summed E-state index contributed by atoms with van der Waals surface area (Å²) in [6.45, 7) is 5.60. The normalized spacial score (nSPS) is 9.38. The van der Waals surface area contributed by atoms with E-state index in [1.165, 1.54) is 6.26 Å². The smallest absolute Gasteiger partial charge is 0.171 e. The maximum Gasteiger partial charge on any atom is 0.171 e. The van der Waals surface area contributed by atoms with Crippen LogP contribution in [0, 0.1) is 0 Å². The molecule has 0 spiro atoms. The Kier molecular flexibility index (Phi) is 3.38. The van der Waals surface area contributed by atoms with Gasteiger partial charge in [0, 0.05) is 0 Å². The Morgan fingerprint density at radius 2 is 2.23 bits per heavy atom. The molecular weight excluding hydrogens is 164 g/mol. The molecule has 0 aromatic heterocycles. The number of methoxy groups -OCH3 is 1. The van der Waals surface area contributed by atoms with Crippen molar-refractivity contribution in [2.75, 3.05) is 7.11 Å². The van der Waals surface area contributed by atoms with Crippen molar-refractivity contribution in [2.24, 2.45) is 0 Å². The largest absolute Gasteiger partial charge is 0.493 e. The van der Waals surface area contributed by atoms with Gasteiger partial charge in [0.05, 0.1) is 13.4 Å². The molecule has 1 aromatic carbocycles. The molecule has 0 unspecified atom stereocenters. The van der Waals surface area contributed by atoms with Crippen LogP contribution in [0.1, 0.15) is 12.5 Å². The van der Waals surface area contributed by atoms with Gasteiger partial charge in [0.1, 0.15) is 0 Å². The van der Waals surface area contributed by atoms with Crippen molar-refractivity contribution in [1.29, 1.82) is 0 Å². The zero-order chi connectivity index (χ0) is 9.68. The van der Waals surface area contributed by atoms with Crippen molar-refractivity contribution in [3.63, 3.8) is 0 Å². The lowest BCUT2D eigenvalue weighted by Gasteiger charge is -2.10. The zero-order valence-corrected chi connectivity index (χ0v) is 8.04. The summed E-state index contributed by atoms with van der Waals surface area (Å²) >= 11 is 0. The summed E-state index contributed by atoms with van der Waals surface area (Å²) in [5.41, 5.74) is 1.12. The summed E-state index contributed by atoms with van der Waals surface area (Å²) in [6.07, 6.45) is 2.33. The van der Waals surface area contributed by atoms with Crippen LogP contribution in [-0.4, -0.2) is 7.11 Å². The molecule has 0 saturated carbocycles. The van der Waals surface area contributed by atoms with E-state index in [2.05, 4.69) is 13.5 Å². The summed E-state index contributed by atoms with van der Waals surface area (Å²) in [7, 11) is 1.63. The molecule has 0 N–H and O–H groups in total. The van der Waals surface area contributed by atoms with Crippen LogP contribution < -0.4 is 9.47 Å². The van der Waals surface area contributed by atoms with E-state index in [1.54, 1.807) is 7.11 Å². The van der Waals surface area contributed by atoms with E-state index < -0.39 is 0 Å². The minimum Gasteiger partial charge on any atom is -0.493 e.